The Morgan fingerprint density at radius 3 is 2.60 bits per heavy atom. The maximum Gasteiger partial charge on any atom is 0.249 e. The van der Waals surface area contributed by atoms with E-state index in [0.717, 1.165) is 0 Å². The first-order chi connectivity index (χ1) is 12.1. The summed E-state index contributed by atoms with van der Waals surface area (Å²) in [6, 6.07) is 16.3. The Balaban J connectivity index is 2.23. The molecule has 0 heterocycles. The Hall–Kier alpha value is -3.64. The number of hydrogen-bond donors (Lipinski definition) is 1. The van der Waals surface area contributed by atoms with Crippen molar-refractivity contribution in [3.8, 4) is 17.9 Å². The summed E-state index contributed by atoms with van der Waals surface area (Å²) in [5.74, 6) is -2.48. The van der Waals surface area contributed by atoms with Crippen molar-refractivity contribution in [2.24, 2.45) is 5.92 Å². The van der Waals surface area contributed by atoms with E-state index in [9.17, 15) is 14.9 Å². The highest BCUT2D eigenvalue weighted by atomic mass is 16.5. The Morgan fingerprint density at radius 2 is 1.92 bits per heavy atom. The maximum atomic E-state index is 12.5. The van der Waals surface area contributed by atoms with Gasteiger partial charge in [-0.1, -0.05) is 24.3 Å². The van der Waals surface area contributed by atoms with Crippen molar-refractivity contribution in [3.05, 3.63) is 59.7 Å². The second kappa shape index (κ2) is 8.28. The zero-order chi connectivity index (χ0) is 18.2. The molecule has 0 aliphatic carbocycles. The van der Waals surface area contributed by atoms with Crippen LogP contribution in [-0.2, 0) is 4.79 Å². The van der Waals surface area contributed by atoms with Gasteiger partial charge in [0.25, 0.3) is 0 Å². The van der Waals surface area contributed by atoms with Crippen molar-refractivity contribution in [1.29, 1.82) is 10.5 Å². The predicted octanol–water partition coefficient (Wildman–Crippen LogP) is 2.92. The van der Waals surface area contributed by atoms with E-state index in [0.29, 0.717) is 18.0 Å². The highest BCUT2D eigenvalue weighted by Gasteiger charge is 2.28. The number of anilines is 1. The monoisotopic (exact) mass is 333 g/mol. The Bertz CT molecular complexity index is 878. The Morgan fingerprint density at radius 1 is 1.16 bits per heavy atom. The lowest BCUT2D eigenvalue weighted by Crippen LogP contribution is -2.29. The van der Waals surface area contributed by atoms with Gasteiger partial charge in [-0.05, 0) is 31.2 Å². The first-order valence-corrected chi connectivity index (χ1v) is 7.57. The third-order valence-electron chi connectivity index (χ3n) is 3.37. The Labute approximate surface area is 145 Å². The molecule has 2 rings (SSSR count). The molecule has 1 amide bonds. The first-order valence-electron chi connectivity index (χ1n) is 7.57. The molecule has 0 spiro atoms. The lowest BCUT2D eigenvalue weighted by molar-refractivity contribution is -0.117. The van der Waals surface area contributed by atoms with Crippen LogP contribution in [0.2, 0.25) is 0 Å². The zero-order valence-electron chi connectivity index (χ0n) is 13.5. The van der Waals surface area contributed by atoms with E-state index in [4.69, 9.17) is 10.00 Å². The van der Waals surface area contributed by atoms with E-state index in [1.165, 1.54) is 24.3 Å². The molecular weight excluding hydrogens is 318 g/mol. The van der Waals surface area contributed by atoms with Crippen LogP contribution in [0.25, 0.3) is 0 Å². The maximum absolute atomic E-state index is 12.5. The van der Waals surface area contributed by atoms with E-state index in [1.54, 1.807) is 30.3 Å². The van der Waals surface area contributed by atoms with Gasteiger partial charge in [-0.2, -0.15) is 10.5 Å². The first kappa shape index (κ1) is 17.7. The van der Waals surface area contributed by atoms with Crippen LogP contribution in [0.15, 0.2) is 48.5 Å². The fourth-order valence-electron chi connectivity index (χ4n) is 2.20. The topological polar surface area (TPSA) is 103 Å². The molecule has 1 N–H and O–H groups in total. The molecule has 124 valence electrons. The minimum Gasteiger partial charge on any atom is -0.492 e. The van der Waals surface area contributed by atoms with Gasteiger partial charge in [0.2, 0.25) is 5.91 Å². The SMILES string of the molecule is CCOc1ccccc1NC(=O)C(C#N)C(=O)c1cccc(C#N)c1. The van der Waals surface area contributed by atoms with Crippen molar-refractivity contribution in [3.63, 3.8) is 0 Å². The van der Waals surface area contributed by atoms with E-state index >= 15 is 0 Å². The normalized spacial score (nSPS) is 10.8. The number of ketones is 1. The quantitative estimate of drug-likeness (QED) is 0.646. The number of rotatable bonds is 6. The molecule has 0 radical (unpaired) electrons. The van der Waals surface area contributed by atoms with Crippen molar-refractivity contribution in [2.75, 3.05) is 11.9 Å². The smallest absolute Gasteiger partial charge is 0.249 e. The predicted molar refractivity (Wildman–Crippen MR) is 90.8 cm³/mol. The molecule has 25 heavy (non-hydrogen) atoms. The van der Waals surface area contributed by atoms with Gasteiger partial charge in [-0.25, -0.2) is 0 Å². The molecule has 2 aromatic rings. The lowest BCUT2D eigenvalue weighted by Gasteiger charge is -2.13. The van der Waals surface area contributed by atoms with E-state index in [1.807, 2.05) is 13.0 Å². The fourth-order valence-corrected chi connectivity index (χ4v) is 2.20. The van der Waals surface area contributed by atoms with Crippen LogP contribution in [0.5, 0.6) is 5.75 Å². The number of Topliss-reactive ketones (excluding diaryl/α,β-unsaturated/α-hetero) is 1. The second-order valence-electron chi connectivity index (χ2n) is 5.04. The zero-order valence-corrected chi connectivity index (χ0v) is 13.5. The summed E-state index contributed by atoms with van der Waals surface area (Å²) >= 11 is 0. The molecule has 0 fully saturated rings. The molecule has 0 saturated carbocycles. The summed E-state index contributed by atoms with van der Waals surface area (Å²) in [6.07, 6.45) is 0. The van der Waals surface area contributed by atoms with Crippen LogP contribution in [0.3, 0.4) is 0 Å². The van der Waals surface area contributed by atoms with Gasteiger partial charge in [0, 0.05) is 5.56 Å². The second-order valence-corrected chi connectivity index (χ2v) is 5.04. The van der Waals surface area contributed by atoms with Crippen molar-refractivity contribution in [2.45, 2.75) is 6.92 Å². The molecule has 0 saturated heterocycles. The molecule has 0 aromatic heterocycles. The van der Waals surface area contributed by atoms with E-state index in [-0.39, 0.29) is 11.1 Å². The van der Waals surface area contributed by atoms with Crippen LogP contribution in [0.1, 0.15) is 22.8 Å². The van der Waals surface area contributed by atoms with Gasteiger partial charge in [0.15, 0.2) is 11.7 Å². The van der Waals surface area contributed by atoms with Crippen molar-refractivity contribution >= 4 is 17.4 Å². The summed E-state index contributed by atoms with van der Waals surface area (Å²) in [5.41, 5.74) is 0.802. The van der Waals surface area contributed by atoms with Gasteiger partial charge in [-0.15, -0.1) is 0 Å². The summed E-state index contributed by atoms with van der Waals surface area (Å²) in [4.78, 5) is 24.9. The minimum atomic E-state index is -1.52. The van der Waals surface area contributed by atoms with Crippen molar-refractivity contribution in [1.82, 2.24) is 0 Å². The van der Waals surface area contributed by atoms with Crippen LogP contribution in [-0.4, -0.2) is 18.3 Å². The molecule has 1 atom stereocenters. The lowest BCUT2D eigenvalue weighted by atomic mass is 9.96. The molecular formula is C19H15N3O3. The number of nitrogens with zero attached hydrogens (tertiary/aromatic N) is 2. The van der Waals surface area contributed by atoms with Crippen LogP contribution in [0.4, 0.5) is 5.69 Å². The largest absolute Gasteiger partial charge is 0.492 e. The molecule has 0 aliphatic heterocycles. The highest BCUT2D eigenvalue weighted by Crippen LogP contribution is 2.24. The fraction of sp³-hybridized carbons (Fsp3) is 0.158. The molecule has 6 heteroatoms. The number of carbonyl (C=O) groups is 2. The number of amides is 1. The third kappa shape index (κ3) is 4.21. The molecule has 2 aromatic carbocycles. The summed E-state index contributed by atoms with van der Waals surface area (Å²) in [7, 11) is 0. The number of nitriles is 2. The standard InChI is InChI=1S/C19H15N3O3/c1-2-25-17-9-4-3-8-16(17)22-19(24)15(12-21)18(23)14-7-5-6-13(10-14)11-20/h3-10,15H,2H2,1H3,(H,22,24). The van der Waals surface area contributed by atoms with Gasteiger partial charge >= 0.3 is 0 Å². The average Bonchev–Trinajstić information content (AvgIpc) is 2.64. The summed E-state index contributed by atoms with van der Waals surface area (Å²) in [5, 5.41) is 20.7. The van der Waals surface area contributed by atoms with Crippen LogP contribution >= 0.6 is 0 Å². The Kier molecular flexibility index (Phi) is 5.86. The number of hydrogen-bond acceptors (Lipinski definition) is 5. The summed E-state index contributed by atoms with van der Waals surface area (Å²) in [6.45, 7) is 2.22. The van der Waals surface area contributed by atoms with Gasteiger partial charge in [0.05, 0.1) is 30.0 Å². The number of carbonyl (C=O) groups excluding carboxylic acids is 2. The van der Waals surface area contributed by atoms with E-state index in [2.05, 4.69) is 5.32 Å². The van der Waals surface area contributed by atoms with Crippen LogP contribution < -0.4 is 10.1 Å². The van der Waals surface area contributed by atoms with Crippen LogP contribution in [0, 0.1) is 28.6 Å². The number of benzene rings is 2. The third-order valence-corrected chi connectivity index (χ3v) is 3.37. The number of ether oxygens (including phenoxy) is 1. The van der Waals surface area contributed by atoms with Gasteiger partial charge in [-0.3, -0.25) is 9.59 Å². The molecule has 1 unspecified atom stereocenters. The molecule has 6 nitrogen and oxygen atoms in total. The van der Waals surface area contributed by atoms with E-state index < -0.39 is 17.6 Å². The van der Waals surface area contributed by atoms with Gasteiger partial charge < -0.3 is 10.1 Å². The summed E-state index contributed by atoms with van der Waals surface area (Å²) < 4.78 is 5.41. The highest BCUT2D eigenvalue weighted by molar-refractivity contribution is 6.15. The number of para-hydroxylation sites is 2. The average molecular weight is 333 g/mol. The molecule has 0 bridgehead atoms. The van der Waals surface area contributed by atoms with Gasteiger partial charge in [0.1, 0.15) is 5.75 Å². The number of nitrogens with one attached hydrogen (secondary N) is 1. The molecule has 0 aliphatic rings. The minimum absolute atomic E-state index is 0.138. The van der Waals surface area contributed by atoms with Crippen molar-refractivity contribution < 1.29 is 14.3 Å².